The van der Waals surface area contributed by atoms with E-state index in [1.54, 1.807) is 31.6 Å². The summed E-state index contributed by atoms with van der Waals surface area (Å²) in [6, 6.07) is 16.5. The van der Waals surface area contributed by atoms with Gasteiger partial charge in [0, 0.05) is 18.8 Å². The predicted molar refractivity (Wildman–Crippen MR) is 112 cm³/mol. The summed E-state index contributed by atoms with van der Waals surface area (Å²) < 4.78 is 39.5. The minimum Gasteiger partial charge on any atom is -0.496 e. The van der Waals surface area contributed by atoms with Crippen LogP contribution in [0.4, 0.5) is 5.69 Å². The number of sulfonamides is 1. The summed E-state index contributed by atoms with van der Waals surface area (Å²) in [5, 5.41) is 0. The van der Waals surface area contributed by atoms with Gasteiger partial charge in [-0.05, 0) is 60.9 Å². The van der Waals surface area contributed by atoms with Crippen molar-refractivity contribution in [1.82, 2.24) is 4.72 Å². The molecular formula is C22H24N2O4S. The van der Waals surface area contributed by atoms with Gasteiger partial charge in [0.1, 0.15) is 17.6 Å². The van der Waals surface area contributed by atoms with E-state index in [0.29, 0.717) is 5.75 Å². The van der Waals surface area contributed by atoms with Crippen molar-refractivity contribution in [3.05, 3.63) is 77.7 Å². The van der Waals surface area contributed by atoms with Gasteiger partial charge in [-0.25, -0.2) is 13.1 Å². The van der Waals surface area contributed by atoms with Crippen LogP contribution in [0.5, 0.6) is 5.75 Å². The van der Waals surface area contributed by atoms with Crippen LogP contribution in [-0.4, -0.2) is 28.6 Å². The molecule has 0 saturated carbocycles. The Hall–Kier alpha value is -2.77. The van der Waals surface area contributed by atoms with Crippen molar-refractivity contribution in [3.8, 4) is 5.75 Å². The molecule has 0 amide bonds. The molecule has 0 unspecified atom stereocenters. The highest BCUT2D eigenvalue weighted by Gasteiger charge is 2.30. The molecule has 7 heteroatoms. The zero-order valence-corrected chi connectivity index (χ0v) is 17.3. The SMILES string of the molecule is COc1ccc(S(=O)(=O)NC[C@H](c2ccco2)N2CCc3ccccc32)cc1C. The number of hydrogen-bond acceptors (Lipinski definition) is 5. The number of aryl methyl sites for hydroxylation is 1. The van der Waals surface area contributed by atoms with Crippen molar-refractivity contribution in [2.75, 3.05) is 25.1 Å². The number of benzene rings is 2. The quantitative estimate of drug-likeness (QED) is 0.641. The minimum atomic E-state index is -3.67. The van der Waals surface area contributed by atoms with Gasteiger partial charge in [0.15, 0.2) is 0 Å². The average Bonchev–Trinajstić information content (AvgIpc) is 3.39. The highest BCUT2D eigenvalue weighted by molar-refractivity contribution is 7.89. The molecule has 1 aliphatic rings. The molecule has 0 fully saturated rings. The molecule has 0 spiro atoms. The Bertz CT molecular complexity index is 1090. The molecule has 152 valence electrons. The highest BCUT2D eigenvalue weighted by atomic mass is 32.2. The first-order valence-corrected chi connectivity index (χ1v) is 11.0. The Morgan fingerprint density at radius 1 is 1.17 bits per heavy atom. The Kier molecular flexibility index (Phi) is 5.34. The molecule has 0 radical (unpaired) electrons. The van der Waals surface area contributed by atoms with Crippen LogP contribution in [-0.2, 0) is 16.4 Å². The molecule has 2 aromatic carbocycles. The van der Waals surface area contributed by atoms with E-state index in [4.69, 9.17) is 9.15 Å². The maximum Gasteiger partial charge on any atom is 0.240 e. The molecule has 2 heterocycles. The molecule has 29 heavy (non-hydrogen) atoms. The lowest BCUT2D eigenvalue weighted by Crippen LogP contribution is -2.37. The van der Waals surface area contributed by atoms with Crippen LogP contribution in [0.3, 0.4) is 0 Å². The zero-order chi connectivity index (χ0) is 20.4. The van der Waals surface area contributed by atoms with Crippen molar-refractivity contribution in [2.24, 2.45) is 0 Å². The van der Waals surface area contributed by atoms with Crippen LogP contribution in [0.15, 0.2) is 70.2 Å². The first kappa shape index (κ1) is 19.5. The van der Waals surface area contributed by atoms with Gasteiger partial charge in [-0.1, -0.05) is 18.2 Å². The van der Waals surface area contributed by atoms with Gasteiger partial charge in [0.25, 0.3) is 0 Å². The van der Waals surface area contributed by atoms with Crippen molar-refractivity contribution >= 4 is 15.7 Å². The second kappa shape index (κ2) is 7.93. The van der Waals surface area contributed by atoms with Gasteiger partial charge in [-0.15, -0.1) is 0 Å². The number of methoxy groups -OCH3 is 1. The molecule has 4 rings (SSSR count). The van der Waals surface area contributed by atoms with Crippen molar-refractivity contribution < 1.29 is 17.6 Å². The van der Waals surface area contributed by atoms with E-state index in [2.05, 4.69) is 21.8 Å². The first-order valence-electron chi connectivity index (χ1n) is 9.52. The number of ether oxygens (including phenoxy) is 1. The largest absolute Gasteiger partial charge is 0.496 e. The smallest absolute Gasteiger partial charge is 0.240 e. The lowest BCUT2D eigenvalue weighted by Gasteiger charge is -2.29. The molecule has 0 bridgehead atoms. The summed E-state index contributed by atoms with van der Waals surface area (Å²) in [5.74, 6) is 1.39. The Morgan fingerprint density at radius 3 is 2.72 bits per heavy atom. The van der Waals surface area contributed by atoms with E-state index >= 15 is 0 Å². The van der Waals surface area contributed by atoms with Crippen LogP contribution in [0.1, 0.15) is 22.9 Å². The van der Waals surface area contributed by atoms with E-state index in [1.807, 2.05) is 31.2 Å². The number of nitrogens with one attached hydrogen (secondary N) is 1. The number of para-hydroxylation sites is 1. The highest BCUT2D eigenvalue weighted by Crippen LogP contribution is 2.35. The van der Waals surface area contributed by atoms with Gasteiger partial charge < -0.3 is 14.1 Å². The molecule has 1 aliphatic heterocycles. The van der Waals surface area contributed by atoms with Crippen LogP contribution in [0.2, 0.25) is 0 Å². The molecule has 1 N–H and O–H groups in total. The van der Waals surface area contributed by atoms with Crippen LogP contribution < -0.4 is 14.4 Å². The van der Waals surface area contributed by atoms with Crippen LogP contribution >= 0.6 is 0 Å². The van der Waals surface area contributed by atoms with E-state index in [9.17, 15) is 8.42 Å². The normalized spacial score (nSPS) is 14.6. The number of fused-ring (bicyclic) bond motifs is 1. The Balaban J connectivity index is 1.59. The summed E-state index contributed by atoms with van der Waals surface area (Å²) in [4.78, 5) is 2.42. The lowest BCUT2D eigenvalue weighted by molar-refractivity contribution is 0.411. The monoisotopic (exact) mass is 412 g/mol. The summed E-state index contributed by atoms with van der Waals surface area (Å²) in [7, 11) is -2.11. The fraction of sp³-hybridized carbons (Fsp3) is 0.273. The molecule has 6 nitrogen and oxygen atoms in total. The molecule has 3 aromatic rings. The Morgan fingerprint density at radius 2 is 2.00 bits per heavy atom. The standard InChI is InChI=1S/C22H24N2O4S/c1-16-14-18(9-10-21(16)27-2)29(25,26)23-15-20(22-8-5-13-28-22)24-12-11-17-6-3-4-7-19(17)24/h3-10,13-14,20,23H,11-12,15H2,1-2H3/t20-/m1/s1. The molecule has 1 atom stereocenters. The van der Waals surface area contributed by atoms with E-state index in [1.165, 1.54) is 5.56 Å². The average molecular weight is 413 g/mol. The fourth-order valence-corrected chi connectivity index (χ4v) is 4.95. The number of nitrogens with zero attached hydrogens (tertiary/aromatic N) is 1. The molecule has 0 saturated heterocycles. The van der Waals surface area contributed by atoms with Crippen LogP contribution in [0, 0.1) is 6.92 Å². The van der Waals surface area contributed by atoms with Gasteiger partial charge in [-0.3, -0.25) is 0 Å². The third kappa shape index (κ3) is 3.88. The van der Waals surface area contributed by atoms with Gasteiger partial charge in [0.2, 0.25) is 10.0 Å². The fourth-order valence-electron chi connectivity index (χ4n) is 3.82. The topological polar surface area (TPSA) is 71.8 Å². The predicted octanol–water partition coefficient (Wildman–Crippen LogP) is 3.68. The van der Waals surface area contributed by atoms with E-state index in [0.717, 1.165) is 30.0 Å². The summed E-state index contributed by atoms with van der Waals surface area (Å²) in [5.41, 5.74) is 3.15. The van der Waals surface area contributed by atoms with Gasteiger partial charge in [-0.2, -0.15) is 0 Å². The van der Waals surface area contributed by atoms with Gasteiger partial charge >= 0.3 is 0 Å². The second-order valence-electron chi connectivity index (χ2n) is 7.09. The minimum absolute atomic E-state index is 0.204. The maximum absolute atomic E-state index is 12.9. The number of rotatable bonds is 7. The summed E-state index contributed by atoms with van der Waals surface area (Å²) in [6.07, 6.45) is 2.55. The maximum atomic E-state index is 12.9. The van der Waals surface area contributed by atoms with Gasteiger partial charge in [0.05, 0.1) is 18.3 Å². The van der Waals surface area contributed by atoms with E-state index < -0.39 is 10.0 Å². The summed E-state index contributed by atoms with van der Waals surface area (Å²) >= 11 is 0. The van der Waals surface area contributed by atoms with E-state index in [-0.39, 0.29) is 17.5 Å². The number of anilines is 1. The van der Waals surface area contributed by atoms with Crippen molar-refractivity contribution in [2.45, 2.75) is 24.3 Å². The first-order chi connectivity index (χ1) is 14.0. The van der Waals surface area contributed by atoms with Crippen molar-refractivity contribution in [3.63, 3.8) is 0 Å². The third-order valence-electron chi connectivity index (χ3n) is 5.31. The molecular weight excluding hydrogens is 388 g/mol. The number of furan rings is 1. The van der Waals surface area contributed by atoms with Crippen molar-refractivity contribution in [1.29, 1.82) is 0 Å². The molecule has 1 aromatic heterocycles. The lowest BCUT2D eigenvalue weighted by atomic mass is 10.1. The summed E-state index contributed by atoms with van der Waals surface area (Å²) in [6.45, 7) is 2.84. The number of hydrogen-bond donors (Lipinski definition) is 1. The Labute approximate surface area is 171 Å². The third-order valence-corrected chi connectivity index (χ3v) is 6.74. The van der Waals surface area contributed by atoms with Crippen LogP contribution in [0.25, 0.3) is 0 Å². The molecule has 0 aliphatic carbocycles. The zero-order valence-electron chi connectivity index (χ0n) is 16.5. The second-order valence-corrected chi connectivity index (χ2v) is 8.85.